The van der Waals surface area contributed by atoms with E-state index in [2.05, 4.69) is 22.0 Å². The van der Waals surface area contributed by atoms with Gasteiger partial charge in [0.1, 0.15) is 0 Å². The average molecular weight is 288 g/mol. The topological polar surface area (TPSA) is 43.7 Å². The van der Waals surface area contributed by atoms with E-state index in [9.17, 15) is 5.11 Å². The summed E-state index contributed by atoms with van der Waals surface area (Å²) in [5.41, 5.74) is 1.26. The van der Waals surface area contributed by atoms with Crippen molar-refractivity contribution in [2.45, 2.75) is 12.5 Å². The smallest absolute Gasteiger partial charge is 0.0897 e. The first-order chi connectivity index (χ1) is 7.63. The molecule has 0 bridgehead atoms. The number of nitrogens with zero attached hydrogens (tertiary/aromatic N) is 1. The van der Waals surface area contributed by atoms with Gasteiger partial charge >= 0.3 is 0 Å². The van der Waals surface area contributed by atoms with Crippen molar-refractivity contribution in [2.75, 3.05) is 26.7 Å². The van der Waals surface area contributed by atoms with E-state index in [-0.39, 0.29) is 6.61 Å². The Labute approximate surface area is 105 Å². The molecule has 0 saturated carbocycles. The van der Waals surface area contributed by atoms with E-state index in [4.69, 9.17) is 5.11 Å². The average Bonchev–Trinajstić information content (AvgIpc) is 2.28. The summed E-state index contributed by atoms with van der Waals surface area (Å²) in [7, 11) is 1.94. The molecule has 0 aliphatic rings. The molecule has 0 radical (unpaired) electrons. The molecular weight excluding hydrogens is 270 g/mol. The molecule has 4 heteroatoms. The van der Waals surface area contributed by atoms with Gasteiger partial charge in [-0.3, -0.25) is 0 Å². The zero-order chi connectivity index (χ0) is 12.0. The van der Waals surface area contributed by atoms with Gasteiger partial charge in [-0.15, -0.1) is 0 Å². The van der Waals surface area contributed by atoms with Crippen LogP contribution in [0.2, 0.25) is 0 Å². The number of likely N-dealkylation sites (N-methyl/N-ethyl adjacent to an activating group) is 1. The Kier molecular flexibility index (Phi) is 5.98. The molecule has 0 saturated heterocycles. The molecule has 0 fully saturated rings. The highest BCUT2D eigenvalue weighted by Crippen LogP contribution is 2.16. The highest BCUT2D eigenvalue weighted by molar-refractivity contribution is 9.10. The molecule has 1 aromatic carbocycles. The standard InChI is InChI=1S/C12H18BrNO2/c1-14(8-11(16)9-15)7-6-10-4-2-3-5-12(10)13/h2-5,11,15-16H,6-9H2,1H3. The number of aliphatic hydroxyl groups excluding tert-OH is 2. The summed E-state index contributed by atoms with van der Waals surface area (Å²) in [5.74, 6) is 0. The quantitative estimate of drug-likeness (QED) is 0.828. The van der Waals surface area contributed by atoms with Crippen LogP contribution >= 0.6 is 15.9 Å². The Morgan fingerprint density at radius 1 is 1.38 bits per heavy atom. The molecule has 1 aromatic rings. The predicted molar refractivity (Wildman–Crippen MR) is 68.4 cm³/mol. The van der Waals surface area contributed by atoms with Gasteiger partial charge in [-0.05, 0) is 25.1 Å². The maximum atomic E-state index is 9.28. The molecule has 0 aromatic heterocycles. The summed E-state index contributed by atoms with van der Waals surface area (Å²) in [6, 6.07) is 8.12. The van der Waals surface area contributed by atoms with Crippen LogP contribution in [0.1, 0.15) is 5.56 Å². The van der Waals surface area contributed by atoms with Crippen LogP contribution in [0.5, 0.6) is 0 Å². The van der Waals surface area contributed by atoms with Gasteiger partial charge in [-0.25, -0.2) is 0 Å². The van der Waals surface area contributed by atoms with Crippen LogP contribution < -0.4 is 0 Å². The maximum absolute atomic E-state index is 9.28. The molecule has 2 N–H and O–H groups in total. The third-order valence-corrected chi connectivity index (χ3v) is 3.23. The van der Waals surface area contributed by atoms with Crippen molar-refractivity contribution in [3.8, 4) is 0 Å². The molecule has 1 rings (SSSR count). The summed E-state index contributed by atoms with van der Waals surface area (Å²) in [5, 5.41) is 18.0. The Morgan fingerprint density at radius 2 is 2.06 bits per heavy atom. The number of rotatable bonds is 6. The van der Waals surface area contributed by atoms with E-state index in [0.29, 0.717) is 6.54 Å². The number of aliphatic hydroxyl groups is 2. The van der Waals surface area contributed by atoms with Crippen molar-refractivity contribution in [1.29, 1.82) is 0 Å². The van der Waals surface area contributed by atoms with Gasteiger partial charge in [0.2, 0.25) is 0 Å². The van der Waals surface area contributed by atoms with E-state index in [1.807, 2.05) is 30.1 Å². The first-order valence-corrected chi connectivity index (χ1v) is 6.13. The Morgan fingerprint density at radius 3 is 2.69 bits per heavy atom. The lowest BCUT2D eigenvalue weighted by Gasteiger charge is -2.19. The Balaban J connectivity index is 2.37. The SMILES string of the molecule is CN(CCc1ccccc1Br)CC(O)CO. The van der Waals surface area contributed by atoms with Crippen LogP contribution in [0.4, 0.5) is 0 Å². The second kappa shape index (κ2) is 7.01. The molecule has 90 valence electrons. The molecule has 1 atom stereocenters. The zero-order valence-electron chi connectivity index (χ0n) is 9.43. The fraction of sp³-hybridized carbons (Fsp3) is 0.500. The molecule has 0 heterocycles. The van der Waals surface area contributed by atoms with Gasteiger partial charge in [0.05, 0.1) is 12.7 Å². The van der Waals surface area contributed by atoms with E-state index < -0.39 is 6.10 Å². The van der Waals surface area contributed by atoms with Crippen molar-refractivity contribution in [2.24, 2.45) is 0 Å². The van der Waals surface area contributed by atoms with Crippen LogP contribution in [0, 0.1) is 0 Å². The van der Waals surface area contributed by atoms with Gasteiger partial charge in [0.15, 0.2) is 0 Å². The minimum Gasteiger partial charge on any atom is -0.394 e. The third-order valence-electron chi connectivity index (χ3n) is 2.45. The van der Waals surface area contributed by atoms with E-state index in [1.165, 1.54) is 5.56 Å². The molecule has 0 amide bonds. The van der Waals surface area contributed by atoms with Gasteiger partial charge in [-0.2, -0.15) is 0 Å². The zero-order valence-corrected chi connectivity index (χ0v) is 11.0. The molecular formula is C12H18BrNO2. The molecule has 0 aliphatic heterocycles. The van der Waals surface area contributed by atoms with Crippen LogP contribution in [0.25, 0.3) is 0 Å². The van der Waals surface area contributed by atoms with Crippen molar-refractivity contribution >= 4 is 15.9 Å². The monoisotopic (exact) mass is 287 g/mol. The van der Waals surface area contributed by atoms with Gasteiger partial charge in [0.25, 0.3) is 0 Å². The van der Waals surface area contributed by atoms with Crippen LogP contribution in [-0.2, 0) is 6.42 Å². The second-order valence-corrected chi connectivity index (χ2v) is 4.79. The first kappa shape index (κ1) is 13.6. The largest absolute Gasteiger partial charge is 0.394 e. The molecule has 1 unspecified atom stereocenters. The Hall–Kier alpha value is -0.420. The minimum atomic E-state index is -0.649. The fourth-order valence-electron chi connectivity index (χ4n) is 1.52. The predicted octanol–water partition coefficient (Wildman–Crippen LogP) is 1.28. The molecule has 3 nitrogen and oxygen atoms in total. The number of benzene rings is 1. The highest BCUT2D eigenvalue weighted by Gasteiger charge is 2.07. The molecule has 0 spiro atoms. The fourth-order valence-corrected chi connectivity index (χ4v) is 2.00. The van der Waals surface area contributed by atoms with E-state index in [0.717, 1.165) is 17.4 Å². The summed E-state index contributed by atoms with van der Waals surface area (Å²) in [6.07, 6.45) is 0.278. The maximum Gasteiger partial charge on any atom is 0.0897 e. The van der Waals surface area contributed by atoms with E-state index >= 15 is 0 Å². The van der Waals surface area contributed by atoms with Gasteiger partial charge < -0.3 is 15.1 Å². The van der Waals surface area contributed by atoms with Crippen molar-refractivity contribution in [1.82, 2.24) is 4.90 Å². The summed E-state index contributed by atoms with van der Waals surface area (Å²) in [6.45, 7) is 1.18. The molecule has 0 aliphatic carbocycles. The van der Waals surface area contributed by atoms with Crippen molar-refractivity contribution in [3.63, 3.8) is 0 Å². The van der Waals surface area contributed by atoms with Gasteiger partial charge in [0, 0.05) is 17.6 Å². The van der Waals surface area contributed by atoms with E-state index in [1.54, 1.807) is 0 Å². The Bertz CT molecular complexity index is 320. The summed E-state index contributed by atoms with van der Waals surface area (Å²) < 4.78 is 1.12. The number of hydrogen-bond donors (Lipinski definition) is 2. The minimum absolute atomic E-state index is 0.181. The van der Waals surface area contributed by atoms with Crippen LogP contribution in [0.15, 0.2) is 28.7 Å². The van der Waals surface area contributed by atoms with Crippen molar-refractivity contribution in [3.05, 3.63) is 34.3 Å². The summed E-state index contributed by atoms with van der Waals surface area (Å²) in [4.78, 5) is 2.01. The van der Waals surface area contributed by atoms with Gasteiger partial charge in [-0.1, -0.05) is 34.1 Å². The second-order valence-electron chi connectivity index (χ2n) is 3.94. The first-order valence-electron chi connectivity index (χ1n) is 5.34. The summed E-state index contributed by atoms with van der Waals surface area (Å²) >= 11 is 3.50. The normalized spacial score (nSPS) is 13.1. The van der Waals surface area contributed by atoms with Crippen LogP contribution in [0.3, 0.4) is 0 Å². The van der Waals surface area contributed by atoms with Crippen molar-refractivity contribution < 1.29 is 10.2 Å². The lowest BCUT2D eigenvalue weighted by molar-refractivity contribution is 0.0669. The highest BCUT2D eigenvalue weighted by atomic mass is 79.9. The third kappa shape index (κ3) is 4.61. The van der Waals surface area contributed by atoms with Crippen LogP contribution in [-0.4, -0.2) is 48.0 Å². The molecule has 16 heavy (non-hydrogen) atoms. The lowest BCUT2D eigenvalue weighted by Crippen LogP contribution is -2.32. The lowest BCUT2D eigenvalue weighted by atomic mass is 10.1. The number of halogens is 1. The number of hydrogen-bond acceptors (Lipinski definition) is 3.